The van der Waals surface area contributed by atoms with E-state index in [2.05, 4.69) is 29.5 Å². The molecule has 0 bridgehead atoms. The second-order valence-electron chi connectivity index (χ2n) is 5.02. The van der Waals surface area contributed by atoms with E-state index in [9.17, 15) is 4.39 Å². The monoisotopic (exact) mass is 294 g/mol. The van der Waals surface area contributed by atoms with Crippen LogP contribution in [-0.4, -0.2) is 10.1 Å². The standard InChI is InChI=1S/C15H19FN2OS/c1-10(2)15-18-13(9-20-15)7-17-6-11-3-4-14(16)12(5-11)8-19/h3-5,9-10,17,19H,6-8H2,1-2H3. The molecule has 1 heterocycles. The third-order valence-electron chi connectivity index (χ3n) is 2.98. The Morgan fingerprint density at radius 2 is 2.15 bits per heavy atom. The summed E-state index contributed by atoms with van der Waals surface area (Å²) in [6, 6.07) is 4.80. The van der Waals surface area contributed by atoms with Gasteiger partial charge in [0.2, 0.25) is 0 Å². The summed E-state index contributed by atoms with van der Waals surface area (Å²) in [6.07, 6.45) is 0. The van der Waals surface area contributed by atoms with Crippen LogP contribution in [0.25, 0.3) is 0 Å². The average molecular weight is 294 g/mol. The number of benzene rings is 1. The third-order valence-corrected chi connectivity index (χ3v) is 4.17. The summed E-state index contributed by atoms with van der Waals surface area (Å²) in [5.74, 6) is 0.0929. The summed E-state index contributed by atoms with van der Waals surface area (Å²) in [7, 11) is 0. The molecule has 0 amide bonds. The second-order valence-corrected chi connectivity index (χ2v) is 5.91. The number of hydrogen-bond acceptors (Lipinski definition) is 4. The Labute approximate surface area is 122 Å². The molecular formula is C15H19FN2OS. The van der Waals surface area contributed by atoms with Crippen LogP contribution in [0.3, 0.4) is 0 Å². The van der Waals surface area contributed by atoms with Crippen molar-refractivity contribution in [1.82, 2.24) is 10.3 Å². The highest BCUT2D eigenvalue weighted by Crippen LogP contribution is 2.19. The minimum Gasteiger partial charge on any atom is -0.392 e. The summed E-state index contributed by atoms with van der Waals surface area (Å²) in [5.41, 5.74) is 2.32. The average Bonchev–Trinajstić information content (AvgIpc) is 2.89. The van der Waals surface area contributed by atoms with E-state index in [4.69, 9.17) is 5.11 Å². The molecule has 0 aliphatic heterocycles. The first-order chi connectivity index (χ1) is 9.60. The fraction of sp³-hybridized carbons (Fsp3) is 0.400. The lowest BCUT2D eigenvalue weighted by molar-refractivity contribution is 0.275. The first-order valence-electron chi connectivity index (χ1n) is 6.63. The zero-order valence-electron chi connectivity index (χ0n) is 11.7. The van der Waals surface area contributed by atoms with Gasteiger partial charge in [0.1, 0.15) is 5.82 Å². The van der Waals surface area contributed by atoms with Crippen molar-refractivity contribution in [2.24, 2.45) is 0 Å². The largest absolute Gasteiger partial charge is 0.392 e. The van der Waals surface area contributed by atoms with E-state index in [-0.39, 0.29) is 12.4 Å². The molecule has 2 N–H and O–H groups in total. The van der Waals surface area contributed by atoms with Crippen LogP contribution in [0.15, 0.2) is 23.6 Å². The highest BCUT2D eigenvalue weighted by atomic mass is 32.1. The summed E-state index contributed by atoms with van der Waals surface area (Å²) in [5, 5.41) is 15.5. The number of halogens is 1. The minimum absolute atomic E-state index is 0.274. The van der Waals surface area contributed by atoms with Gasteiger partial charge < -0.3 is 10.4 Å². The van der Waals surface area contributed by atoms with Crippen LogP contribution < -0.4 is 5.32 Å². The van der Waals surface area contributed by atoms with Crippen LogP contribution in [0.2, 0.25) is 0 Å². The Hall–Kier alpha value is -1.30. The van der Waals surface area contributed by atoms with E-state index in [1.54, 1.807) is 23.5 Å². The number of hydrogen-bond donors (Lipinski definition) is 2. The van der Waals surface area contributed by atoms with Crippen molar-refractivity contribution in [2.75, 3.05) is 0 Å². The predicted octanol–water partition coefficient (Wildman–Crippen LogP) is 3.19. The lowest BCUT2D eigenvalue weighted by Crippen LogP contribution is -2.13. The van der Waals surface area contributed by atoms with Crippen LogP contribution >= 0.6 is 11.3 Å². The van der Waals surface area contributed by atoms with Gasteiger partial charge in [-0.1, -0.05) is 19.9 Å². The molecule has 0 fully saturated rings. The van der Waals surface area contributed by atoms with E-state index < -0.39 is 0 Å². The first-order valence-corrected chi connectivity index (χ1v) is 7.51. The van der Waals surface area contributed by atoms with Gasteiger partial charge in [-0.25, -0.2) is 9.37 Å². The fourth-order valence-electron chi connectivity index (χ4n) is 1.86. The first kappa shape index (κ1) is 15.1. The van der Waals surface area contributed by atoms with Gasteiger partial charge in [0.15, 0.2) is 0 Å². The van der Waals surface area contributed by atoms with Crippen molar-refractivity contribution in [3.63, 3.8) is 0 Å². The maximum absolute atomic E-state index is 13.2. The number of nitrogens with one attached hydrogen (secondary N) is 1. The lowest BCUT2D eigenvalue weighted by Gasteiger charge is -2.06. The Morgan fingerprint density at radius 3 is 2.80 bits per heavy atom. The maximum atomic E-state index is 13.2. The van der Waals surface area contributed by atoms with Crippen molar-refractivity contribution in [2.45, 2.75) is 39.5 Å². The summed E-state index contributed by atoms with van der Waals surface area (Å²) in [4.78, 5) is 4.54. The zero-order chi connectivity index (χ0) is 14.5. The van der Waals surface area contributed by atoms with Crippen molar-refractivity contribution >= 4 is 11.3 Å². The van der Waals surface area contributed by atoms with Crippen molar-refractivity contribution in [3.05, 3.63) is 51.2 Å². The lowest BCUT2D eigenvalue weighted by atomic mass is 10.1. The molecule has 2 rings (SSSR count). The van der Waals surface area contributed by atoms with E-state index in [1.807, 2.05) is 0 Å². The van der Waals surface area contributed by atoms with Crippen molar-refractivity contribution < 1.29 is 9.50 Å². The number of nitrogens with zero attached hydrogens (tertiary/aromatic N) is 1. The zero-order valence-corrected chi connectivity index (χ0v) is 12.5. The fourth-order valence-corrected chi connectivity index (χ4v) is 2.70. The van der Waals surface area contributed by atoms with Gasteiger partial charge in [0, 0.05) is 30.0 Å². The molecule has 3 nitrogen and oxygen atoms in total. The van der Waals surface area contributed by atoms with Crippen molar-refractivity contribution in [3.8, 4) is 0 Å². The van der Waals surface area contributed by atoms with Crippen LogP contribution in [0, 0.1) is 5.82 Å². The minimum atomic E-state index is -0.364. The smallest absolute Gasteiger partial charge is 0.128 e. The SMILES string of the molecule is CC(C)c1nc(CNCc2ccc(F)c(CO)c2)cs1. The summed E-state index contributed by atoms with van der Waals surface area (Å²) >= 11 is 1.68. The number of aliphatic hydroxyl groups excluding tert-OH is 1. The highest BCUT2D eigenvalue weighted by Gasteiger charge is 2.06. The molecule has 0 aliphatic carbocycles. The molecule has 20 heavy (non-hydrogen) atoms. The van der Waals surface area contributed by atoms with Gasteiger partial charge >= 0.3 is 0 Å². The van der Waals surface area contributed by atoms with E-state index in [0.29, 0.717) is 24.6 Å². The maximum Gasteiger partial charge on any atom is 0.128 e. The molecule has 0 radical (unpaired) electrons. The molecule has 1 aromatic heterocycles. The molecule has 0 spiro atoms. The third kappa shape index (κ3) is 3.85. The molecular weight excluding hydrogens is 275 g/mol. The molecule has 2 aromatic rings. The quantitative estimate of drug-likeness (QED) is 0.860. The van der Waals surface area contributed by atoms with E-state index in [1.165, 1.54) is 6.07 Å². The highest BCUT2D eigenvalue weighted by molar-refractivity contribution is 7.09. The summed E-state index contributed by atoms with van der Waals surface area (Å²) in [6.45, 7) is 5.30. The van der Waals surface area contributed by atoms with E-state index in [0.717, 1.165) is 16.3 Å². The van der Waals surface area contributed by atoms with Crippen molar-refractivity contribution in [1.29, 1.82) is 0 Å². The molecule has 108 valence electrons. The molecule has 0 saturated carbocycles. The molecule has 0 unspecified atom stereocenters. The predicted molar refractivity (Wildman–Crippen MR) is 79.1 cm³/mol. The normalized spacial score (nSPS) is 11.2. The number of thiazole rings is 1. The Morgan fingerprint density at radius 1 is 1.35 bits per heavy atom. The Kier molecular flexibility index (Phi) is 5.23. The molecule has 0 saturated heterocycles. The van der Waals surface area contributed by atoms with Gasteiger partial charge in [-0.2, -0.15) is 0 Å². The van der Waals surface area contributed by atoms with Crippen LogP contribution in [-0.2, 0) is 19.7 Å². The topological polar surface area (TPSA) is 45.2 Å². The molecule has 5 heteroatoms. The molecule has 0 aliphatic rings. The van der Waals surface area contributed by atoms with Gasteiger partial charge in [-0.3, -0.25) is 0 Å². The van der Waals surface area contributed by atoms with Gasteiger partial charge in [-0.15, -0.1) is 11.3 Å². The van der Waals surface area contributed by atoms with Gasteiger partial charge in [0.25, 0.3) is 0 Å². The van der Waals surface area contributed by atoms with E-state index >= 15 is 0 Å². The van der Waals surface area contributed by atoms with Gasteiger partial charge in [-0.05, 0) is 17.7 Å². The molecule has 0 atom stereocenters. The summed E-state index contributed by atoms with van der Waals surface area (Å²) < 4.78 is 13.2. The van der Waals surface area contributed by atoms with Crippen LogP contribution in [0.1, 0.15) is 41.6 Å². The van der Waals surface area contributed by atoms with Crippen LogP contribution in [0.4, 0.5) is 4.39 Å². The van der Waals surface area contributed by atoms with Crippen LogP contribution in [0.5, 0.6) is 0 Å². The number of aromatic nitrogens is 1. The molecule has 1 aromatic carbocycles. The number of aliphatic hydroxyl groups is 1. The number of rotatable bonds is 6. The second kappa shape index (κ2) is 6.92. The van der Waals surface area contributed by atoms with Gasteiger partial charge in [0.05, 0.1) is 17.3 Å². The Bertz CT molecular complexity index is 569. The Balaban J connectivity index is 1.89.